The molecule has 0 aliphatic carbocycles. The van der Waals surface area contributed by atoms with Crippen LogP contribution in [0.25, 0.3) is 0 Å². The smallest absolute Gasteiger partial charge is 0.0161 e. The minimum Gasteiger partial charge on any atom is -0.316 e. The van der Waals surface area contributed by atoms with E-state index in [4.69, 9.17) is 0 Å². The van der Waals surface area contributed by atoms with Crippen molar-refractivity contribution in [3.05, 3.63) is 65.7 Å². The van der Waals surface area contributed by atoms with Crippen LogP contribution in [0.15, 0.2) is 59.5 Å². The Morgan fingerprint density at radius 1 is 1.00 bits per heavy atom. The quantitative estimate of drug-likeness (QED) is 0.761. The second-order valence-electron chi connectivity index (χ2n) is 5.09. The van der Waals surface area contributed by atoms with E-state index in [9.17, 15) is 0 Å². The third-order valence-electron chi connectivity index (χ3n) is 3.57. The van der Waals surface area contributed by atoms with Crippen molar-refractivity contribution in [1.82, 2.24) is 5.32 Å². The summed E-state index contributed by atoms with van der Waals surface area (Å²) in [7, 11) is 2.06. The fourth-order valence-electron chi connectivity index (χ4n) is 2.21. The van der Waals surface area contributed by atoms with Gasteiger partial charge in [0.1, 0.15) is 0 Å². The van der Waals surface area contributed by atoms with Crippen molar-refractivity contribution in [1.29, 1.82) is 0 Å². The summed E-state index contributed by atoms with van der Waals surface area (Å²) < 4.78 is 0. The maximum atomic E-state index is 3.44. The van der Waals surface area contributed by atoms with Gasteiger partial charge in [0.25, 0.3) is 0 Å². The Bertz CT molecular complexity index is 510. The lowest BCUT2D eigenvalue weighted by Crippen LogP contribution is -2.28. The molecule has 2 heteroatoms. The highest BCUT2D eigenvalue weighted by Gasteiger charge is 2.08. The number of thioether (sulfide) groups is 1. The van der Waals surface area contributed by atoms with Gasteiger partial charge in [0.05, 0.1) is 0 Å². The molecule has 2 rings (SSSR count). The van der Waals surface area contributed by atoms with Crippen molar-refractivity contribution in [3.8, 4) is 0 Å². The molecule has 106 valence electrons. The van der Waals surface area contributed by atoms with Crippen LogP contribution in [0.3, 0.4) is 0 Å². The van der Waals surface area contributed by atoms with E-state index in [1.54, 1.807) is 0 Å². The van der Waals surface area contributed by atoms with Gasteiger partial charge in [0, 0.05) is 16.7 Å². The Morgan fingerprint density at radius 3 is 2.40 bits per heavy atom. The van der Waals surface area contributed by atoms with Crippen LogP contribution in [-0.4, -0.2) is 18.8 Å². The van der Waals surface area contributed by atoms with Crippen LogP contribution < -0.4 is 5.32 Å². The van der Waals surface area contributed by atoms with Gasteiger partial charge in [0.15, 0.2) is 0 Å². The first kappa shape index (κ1) is 15.1. The minimum atomic E-state index is 0.555. The largest absolute Gasteiger partial charge is 0.316 e. The number of nitrogens with one attached hydrogen (secondary N) is 1. The second kappa shape index (κ2) is 8.13. The van der Waals surface area contributed by atoms with Crippen LogP contribution in [-0.2, 0) is 6.42 Å². The number of rotatable bonds is 7. The summed E-state index contributed by atoms with van der Waals surface area (Å²) in [5.74, 6) is 1.12. The first-order chi connectivity index (χ1) is 9.79. The third-order valence-corrected chi connectivity index (χ3v) is 4.90. The monoisotopic (exact) mass is 285 g/mol. The predicted octanol–water partition coefficient (Wildman–Crippen LogP) is 4.31. The molecule has 0 bridgehead atoms. The first-order valence-electron chi connectivity index (χ1n) is 7.19. The molecular weight excluding hydrogens is 262 g/mol. The van der Waals surface area contributed by atoms with E-state index in [1.807, 2.05) is 11.8 Å². The van der Waals surface area contributed by atoms with E-state index >= 15 is 0 Å². The van der Waals surface area contributed by atoms with Gasteiger partial charge in [-0.1, -0.05) is 48.5 Å². The standard InChI is InChI=1S/C18H23NS/c1-15-8-6-7-11-18(15)20-14-17(19-2)13-12-16-9-4-3-5-10-16/h3-11,17,19H,12-14H2,1-2H3. The van der Waals surface area contributed by atoms with Crippen molar-refractivity contribution in [3.63, 3.8) is 0 Å². The molecule has 1 N–H and O–H groups in total. The van der Waals surface area contributed by atoms with Crippen LogP contribution in [0.5, 0.6) is 0 Å². The zero-order valence-corrected chi connectivity index (χ0v) is 13.1. The molecule has 2 aromatic carbocycles. The molecule has 0 fully saturated rings. The summed E-state index contributed by atoms with van der Waals surface area (Å²) in [6.07, 6.45) is 2.32. The molecule has 0 aliphatic heterocycles. The van der Waals surface area contributed by atoms with Crippen molar-refractivity contribution >= 4 is 11.8 Å². The van der Waals surface area contributed by atoms with Crippen LogP contribution in [0.2, 0.25) is 0 Å². The highest BCUT2D eigenvalue weighted by molar-refractivity contribution is 7.99. The molecular formula is C18H23NS. The summed E-state index contributed by atoms with van der Waals surface area (Å²) >= 11 is 1.95. The van der Waals surface area contributed by atoms with Crippen molar-refractivity contribution in [2.24, 2.45) is 0 Å². The summed E-state index contributed by atoms with van der Waals surface area (Å²) in [5, 5.41) is 3.44. The Balaban J connectivity index is 1.82. The van der Waals surface area contributed by atoms with Crippen LogP contribution in [0.1, 0.15) is 17.5 Å². The molecule has 20 heavy (non-hydrogen) atoms. The van der Waals surface area contributed by atoms with Gasteiger partial charge in [-0.15, -0.1) is 11.8 Å². The van der Waals surface area contributed by atoms with Gasteiger partial charge in [-0.05, 0) is 44.0 Å². The maximum Gasteiger partial charge on any atom is 0.0161 e. The number of aryl methyl sites for hydroxylation is 2. The van der Waals surface area contributed by atoms with Crippen LogP contribution in [0, 0.1) is 6.92 Å². The average Bonchev–Trinajstić information content (AvgIpc) is 2.50. The number of hydrogen-bond acceptors (Lipinski definition) is 2. The fraction of sp³-hybridized carbons (Fsp3) is 0.333. The molecule has 0 radical (unpaired) electrons. The van der Waals surface area contributed by atoms with E-state index in [1.165, 1.54) is 22.4 Å². The van der Waals surface area contributed by atoms with E-state index in [0.717, 1.165) is 12.2 Å². The van der Waals surface area contributed by atoms with E-state index in [-0.39, 0.29) is 0 Å². The highest BCUT2D eigenvalue weighted by atomic mass is 32.2. The van der Waals surface area contributed by atoms with Crippen LogP contribution >= 0.6 is 11.8 Å². The normalized spacial score (nSPS) is 12.3. The second-order valence-corrected chi connectivity index (χ2v) is 6.15. The van der Waals surface area contributed by atoms with E-state index in [2.05, 4.69) is 73.9 Å². The summed E-state index contributed by atoms with van der Waals surface area (Å²) in [5.41, 5.74) is 2.80. The molecule has 1 nitrogen and oxygen atoms in total. The molecule has 0 amide bonds. The molecule has 0 heterocycles. The lowest BCUT2D eigenvalue weighted by atomic mass is 10.1. The molecule has 0 saturated carbocycles. The van der Waals surface area contributed by atoms with Gasteiger partial charge < -0.3 is 5.32 Å². The maximum absolute atomic E-state index is 3.44. The first-order valence-corrected chi connectivity index (χ1v) is 8.18. The zero-order valence-electron chi connectivity index (χ0n) is 12.3. The van der Waals surface area contributed by atoms with Gasteiger partial charge in [0.2, 0.25) is 0 Å². The Morgan fingerprint density at radius 2 is 1.70 bits per heavy atom. The Kier molecular flexibility index (Phi) is 6.16. The SMILES string of the molecule is CNC(CCc1ccccc1)CSc1ccccc1C. The minimum absolute atomic E-state index is 0.555. The van der Waals surface area contributed by atoms with Gasteiger partial charge >= 0.3 is 0 Å². The summed E-state index contributed by atoms with van der Waals surface area (Å²) in [6.45, 7) is 2.18. The number of benzene rings is 2. The molecule has 1 atom stereocenters. The Hall–Kier alpha value is -1.25. The third kappa shape index (κ3) is 4.69. The zero-order chi connectivity index (χ0) is 14.2. The summed E-state index contributed by atoms with van der Waals surface area (Å²) in [6, 6.07) is 19.9. The van der Waals surface area contributed by atoms with E-state index in [0.29, 0.717) is 6.04 Å². The molecule has 0 saturated heterocycles. The highest BCUT2D eigenvalue weighted by Crippen LogP contribution is 2.23. The van der Waals surface area contributed by atoms with Crippen molar-refractivity contribution < 1.29 is 0 Å². The lowest BCUT2D eigenvalue weighted by Gasteiger charge is -2.16. The van der Waals surface area contributed by atoms with Crippen molar-refractivity contribution in [2.75, 3.05) is 12.8 Å². The van der Waals surface area contributed by atoms with Crippen LogP contribution in [0.4, 0.5) is 0 Å². The topological polar surface area (TPSA) is 12.0 Å². The lowest BCUT2D eigenvalue weighted by molar-refractivity contribution is 0.573. The number of hydrogen-bond donors (Lipinski definition) is 1. The molecule has 1 unspecified atom stereocenters. The fourth-order valence-corrected chi connectivity index (χ4v) is 3.39. The van der Waals surface area contributed by atoms with E-state index < -0.39 is 0 Å². The molecule has 0 aliphatic rings. The molecule has 2 aromatic rings. The van der Waals surface area contributed by atoms with Crippen molar-refractivity contribution in [2.45, 2.75) is 30.7 Å². The summed E-state index contributed by atoms with van der Waals surface area (Å²) in [4.78, 5) is 1.40. The molecule has 0 spiro atoms. The predicted molar refractivity (Wildman–Crippen MR) is 89.5 cm³/mol. The van der Waals surface area contributed by atoms with Gasteiger partial charge in [-0.3, -0.25) is 0 Å². The van der Waals surface area contributed by atoms with Gasteiger partial charge in [-0.25, -0.2) is 0 Å². The average molecular weight is 285 g/mol. The Labute approximate surface area is 126 Å². The molecule has 0 aromatic heterocycles. The van der Waals surface area contributed by atoms with Gasteiger partial charge in [-0.2, -0.15) is 0 Å².